The molecule has 4 nitrogen and oxygen atoms in total. The second-order valence-electron chi connectivity index (χ2n) is 5.76. The number of amides is 2. The summed E-state index contributed by atoms with van der Waals surface area (Å²) in [4.78, 5) is 24.1. The van der Waals surface area contributed by atoms with Gasteiger partial charge in [-0.15, -0.1) is 0 Å². The minimum Gasteiger partial charge on any atom is -0.352 e. The smallest absolute Gasteiger partial charge is 0.228 e. The van der Waals surface area contributed by atoms with Gasteiger partial charge in [-0.2, -0.15) is 0 Å². The molecule has 2 unspecified atom stereocenters. The number of carbonyl (C=O) groups excluding carboxylic acids is 2. The van der Waals surface area contributed by atoms with Crippen LogP contribution in [-0.2, 0) is 16.1 Å². The van der Waals surface area contributed by atoms with E-state index < -0.39 is 17.7 Å². The highest BCUT2D eigenvalue weighted by Crippen LogP contribution is 2.39. The van der Waals surface area contributed by atoms with E-state index in [-0.39, 0.29) is 24.2 Å². The number of nitrogens with one attached hydrogen (secondary N) is 2. The van der Waals surface area contributed by atoms with Crippen molar-refractivity contribution in [3.63, 3.8) is 0 Å². The van der Waals surface area contributed by atoms with Crippen molar-refractivity contribution in [3.05, 3.63) is 65.7 Å². The van der Waals surface area contributed by atoms with Crippen LogP contribution in [0.5, 0.6) is 0 Å². The van der Waals surface area contributed by atoms with Gasteiger partial charge in [0, 0.05) is 17.8 Å². The molecule has 2 amide bonds. The summed E-state index contributed by atoms with van der Waals surface area (Å²) in [6, 6.07) is 11.8. The van der Waals surface area contributed by atoms with Crippen LogP contribution in [0.15, 0.2) is 48.5 Å². The first-order valence-electron chi connectivity index (χ1n) is 7.62. The first kappa shape index (κ1) is 16.1. The van der Waals surface area contributed by atoms with Crippen LogP contribution >= 0.6 is 0 Å². The fourth-order valence-corrected chi connectivity index (χ4v) is 2.53. The lowest BCUT2D eigenvalue weighted by Crippen LogP contribution is -2.27. The number of rotatable bonds is 5. The van der Waals surface area contributed by atoms with Crippen LogP contribution in [-0.4, -0.2) is 11.8 Å². The van der Waals surface area contributed by atoms with Crippen molar-refractivity contribution >= 4 is 17.5 Å². The molecule has 0 spiro atoms. The van der Waals surface area contributed by atoms with Crippen LogP contribution in [0.3, 0.4) is 0 Å². The molecular formula is C18H16F2N2O2. The van der Waals surface area contributed by atoms with Gasteiger partial charge in [0.15, 0.2) is 0 Å². The zero-order valence-corrected chi connectivity index (χ0v) is 12.8. The molecule has 1 aliphatic carbocycles. The molecule has 24 heavy (non-hydrogen) atoms. The van der Waals surface area contributed by atoms with Crippen LogP contribution in [0, 0.1) is 23.5 Å². The molecule has 1 saturated carbocycles. The summed E-state index contributed by atoms with van der Waals surface area (Å²) in [5.74, 6) is -2.28. The van der Waals surface area contributed by atoms with Crippen LogP contribution in [0.2, 0.25) is 0 Å². The van der Waals surface area contributed by atoms with Gasteiger partial charge in [0.05, 0.1) is 11.8 Å². The molecule has 0 aliphatic heterocycles. The van der Waals surface area contributed by atoms with Crippen molar-refractivity contribution in [1.82, 2.24) is 5.32 Å². The third-order valence-electron chi connectivity index (χ3n) is 3.97. The lowest BCUT2D eigenvalue weighted by Gasteiger charge is -2.07. The molecule has 2 aromatic carbocycles. The number of hydrogen-bond donors (Lipinski definition) is 2. The molecule has 124 valence electrons. The summed E-state index contributed by atoms with van der Waals surface area (Å²) in [7, 11) is 0. The average molecular weight is 330 g/mol. The molecular weight excluding hydrogens is 314 g/mol. The third-order valence-corrected chi connectivity index (χ3v) is 3.97. The predicted octanol–water partition coefficient (Wildman–Crippen LogP) is 2.86. The van der Waals surface area contributed by atoms with E-state index >= 15 is 0 Å². The topological polar surface area (TPSA) is 58.2 Å². The molecule has 0 radical (unpaired) electrons. The molecule has 1 fully saturated rings. The maximum absolute atomic E-state index is 13.5. The predicted molar refractivity (Wildman–Crippen MR) is 84.9 cm³/mol. The van der Waals surface area contributed by atoms with Crippen molar-refractivity contribution in [2.45, 2.75) is 13.0 Å². The molecule has 0 bridgehead atoms. The summed E-state index contributed by atoms with van der Waals surface area (Å²) in [5, 5.41) is 5.23. The van der Waals surface area contributed by atoms with E-state index in [2.05, 4.69) is 10.6 Å². The maximum Gasteiger partial charge on any atom is 0.228 e. The molecule has 3 rings (SSSR count). The van der Waals surface area contributed by atoms with Crippen molar-refractivity contribution in [2.75, 3.05) is 5.32 Å². The van der Waals surface area contributed by atoms with Crippen molar-refractivity contribution in [1.29, 1.82) is 0 Å². The Morgan fingerprint density at radius 3 is 2.50 bits per heavy atom. The average Bonchev–Trinajstić information content (AvgIpc) is 3.35. The van der Waals surface area contributed by atoms with E-state index in [1.54, 1.807) is 24.3 Å². The fraction of sp³-hybridized carbons (Fsp3) is 0.222. The van der Waals surface area contributed by atoms with E-state index in [4.69, 9.17) is 0 Å². The Morgan fingerprint density at radius 1 is 1.00 bits per heavy atom. The lowest BCUT2D eigenvalue weighted by atomic mass is 10.2. The summed E-state index contributed by atoms with van der Waals surface area (Å²) < 4.78 is 26.6. The highest BCUT2D eigenvalue weighted by Gasteiger charge is 2.47. The van der Waals surface area contributed by atoms with Gasteiger partial charge < -0.3 is 10.6 Å². The largest absolute Gasteiger partial charge is 0.352 e. The van der Waals surface area contributed by atoms with E-state index in [9.17, 15) is 18.4 Å². The Bertz CT molecular complexity index is 779. The van der Waals surface area contributed by atoms with E-state index in [0.717, 1.165) is 0 Å². The third kappa shape index (κ3) is 3.76. The normalized spacial score (nSPS) is 18.8. The van der Waals surface area contributed by atoms with Gasteiger partial charge >= 0.3 is 0 Å². The van der Waals surface area contributed by atoms with Crippen LogP contribution in [0.1, 0.15) is 12.0 Å². The molecule has 2 atom stereocenters. The first-order chi connectivity index (χ1) is 11.5. The molecule has 2 aromatic rings. The monoisotopic (exact) mass is 330 g/mol. The summed E-state index contributed by atoms with van der Waals surface area (Å²) in [6.45, 7) is 0.0836. The fourth-order valence-electron chi connectivity index (χ4n) is 2.53. The molecule has 2 N–H and O–H groups in total. The Kier molecular flexibility index (Phi) is 4.55. The minimum atomic E-state index is -0.442. The molecule has 0 aromatic heterocycles. The molecule has 6 heteroatoms. The van der Waals surface area contributed by atoms with Crippen molar-refractivity contribution in [2.24, 2.45) is 11.8 Å². The first-order valence-corrected chi connectivity index (χ1v) is 7.62. The highest BCUT2D eigenvalue weighted by molar-refractivity contribution is 5.99. The molecule has 0 heterocycles. The van der Waals surface area contributed by atoms with Gasteiger partial charge in [-0.3, -0.25) is 9.59 Å². The van der Waals surface area contributed by atoms with Gasteiger partial charge in [0.1, 0.15) is 11.6 Å². The quantitative estimate of drug-likeness (QED) is 0.886. The van der Waals surface area contributed by atoms with E-state index in [1.807, 2.05) is 0 Å². The Balaban J connectivity index is 1.50. The van der Waals surface area contributed by atoms with E-state index in [0.29, 0.717) is 17.7 Å². The zero-order valence-electron chi connectivity index (χ0n) is 12.8. The van der Waals surface area contributed by atoms with E-state index in [1.165, 1.54) is 24.3 Å². The number of anilines is 1. The van der Waals surface area contributed by atoms with Crippen molar-refractivity contribution in [3.8, 4) is 0 Å². The Hall–Kier alpha value is -2.76. The van der Waals surface area contributed by atoms with Gasteiger partial charge in [-0.05, 0) is 30.7 Å². The molecule has 1 aliphatic rings. The van der Waals surface area contributed by atoms with Gasteiger partial charge in [-0.1, -0.05) is 24.3 Å². The highest BCUT2D eigenvalue weighted by atomic mass is 19.1. The second kappa shape index (κ2) is 6.78. The lowest BCUT2D eigenvalue weighted by molar-refractivity contribution is -0.125. The number of hydrogen-bond acceptors (Lipinski definition) is 2. The van der Waals surface area contributed by atoms with Gasteiger partial charge in [-0.25, -0.2) is 8.78 Å². The second-order valence-corrected chi connectivity index (χ2v) is 5.76. The van der Waals surface area contributed by atoms with Gasteiger partial charge in [0.2, 0.25) is 11.8 Å². The van der Waals surface area contributed by atoms with Crippen LogP contribution in [0.25, 0.3) is 0 Å². The Labute approximate surface area is 137 Å². The number of benzene rings is 2. The Morgan fingerprint density at radius 2 is 1.75 bits per heavy atom. The number of carbonyl (C=O) groups is 2. The summed E-state index contributed by atoms with van der Waals surface area (Å²) >= 11 is 0. The van der Waals surface area contributed by atoms with Crippen molar-refractivity contribution < 1.29 is 18.4 Å². The van der Waals surface area contributed by atoms with Crippen LogP contribution < -0.4 is 10.6 Å². The van der Waals surface area contributed by atoms with Crippen LogP contribution in [0.4, 0.5) is 14.5 Å². The van der Waals surface area contributed by atoms with Gasteiger partial charge in [0.25, 0.3) is 0 Å². The summed E-state index contributed by atoms with van der Waals surface area (Å²) in [6.07, 6.45) is 0.435. The molecule has 0 saturated heterocycles. The number of halogens is 2. The standard InChI is InChI=1S/C18H16F2N2O2/c19-12-5-3-6-13(8-12)22-18(24)15-9-14(15)17(23)21-10-11-4-1-2-7-16(11)20/h1-8,14-15H,9-10H2,(H,21,23)(H,22,24). The summed E-state index contributed by atoms with van der Waals surface area (Å²) in [5.41, 5.74) is 0.754. The maximum atomic E-state index is 13.5. The minimum absolute atomic E-state index is 0.0836. The SMILES string of the molecule is O=C(NCc1ccccc1F)C1CC1C(=O)Nc1cccc(F)c1. The zero-order chi connectivity index (χ0) is 17.1.